The summed E-state index contributed by atoms with van der Waals surface area (Å²) in [6.45, 7) is 11.8. The first-order chi connectivity index (χ1) is 6.93. The van der Waals surface area contributed by atoms with Crippen LogP contribution in [-0.2, 0) is 13.6 Å². The number of rotatable bonds is 4. The van der Waals surface area contributed by atoms with Crippen molar-refractivity contribution < 1.29 is 0 Å². The Morgan fingerprint density at radius 3 is 2.27 bits per heavy atom. The lowest BCUT2D eigenvalue weighted by molar-refractivity contribution is 0.425. The molecular weight excluding hydrogens is 186 g/mol. The minimum atomic E-state index is 0.545. The number of hydrogen-bond donors (Lipinski definition) is 1. The van der Waals surface area contributed by atoms with Crippen molar-refractivity contribution in [3.63, 3.8) is 0 Å². The summed E-state index contributed by atoms with van der Waals surface area (Å²) in [7, 11) is 2.00. The molecule has 0 aromatic carbocycles. The van der Waals surface area contributed by atoms with Gasteiger partial charge in [-0.15, -0.1) is 0 Å². The molecule has 1 N–H and O–H groups in total. The molecule has 0 aliphatic carbocycles. The zero-order chi connectivity index (χ0) is 11.6. The largest absolute Gasteiger partial charge is 0.310 e. The summed E-state index contributed by atoms with van der Waals surface area (Å²) in [6, 6.07) is 0.545. The summed E-state index contributed by atoms with van der Waals surface area (Å²) in [5.74, 6) is 0.669. The van der Waals surface area contributed by atoms with E-state index in [-0.39, 0.29) is 0 Å². The molecule has 1 aromatic heterocycles. The first-order valence-corrected chi connectivity index (χ1v) is 5.66. The van der Waals surface area contributed by atoms with E-state index in [1.807, 2.05) is 11.7 Å². The summed E-state index contributed by atoms with van der Waals surface area (Å²) in [6.07, 6.45) is 0. The van der Waals surface area contributed by atoms with Crippen LogP contribution in [0.15, 0.2) is 0 Å². The number of hydrogen-bond acceptors (Lipinski definition) is 2. The van der Waals surface area contributed by atoms with Crippen LogP contribution in [-0.4, -0.2) is 15.8 Å². The molecule has 1 rings (SSSR count). The van der Waals surface area contributed by atoms with Crippen LogP contribution in [0, 0.1) is 19.8 Å². The quantitative estimate of drug-likeness (QED) is 0.823. The van der Waals surface area contributed by atoms with Gasteiger partial charge in [0.2, 0.25) is 0 Å². The van der Waals surface area contributed by atoms with E-state index in [0.29, 0.717) is 12.0 Å². The molecule has 0 radical (unpaired) electrons. The third-order valence-electron chi connectivity index (χ3n) is 3.26. The molecule has 15 heavy (non-hydrogen) atoms. The minimum absolute atomic E-state index is 0.545. The molecule has 3 heteroatoms. The van der Waals surface area contributed by atoms with E-state index in [4.69, 9.17) is 0 Å². The summed E-state index contributed by atoms with van der Waals surface area (Å²) < 4.78 is 1.95. The average Bonchev–Trinajstić information content (AvgIpc) is 2.38. The number of nitrogens with one attached hydrogen (secondary N) is 1. The Morgan fingerprint density at radius 1 is 1.27 bits per heavy atom. The van der Waals surface area contributed by atoms with Crippen LogP contribution < -0.4 is 5.32 Å². The van der Waals surface area contributed by atoms with Crippen molar-refractivity contribution in [2.75, 3.05) is 0 Å². The van der Waals surface area contributed by atoms with Gasteiger partial charge in [-0.2, -0.15) is 5.10 Å². The third-order valence-corrected chi connectivity index (χ3v) is 3.26. The van der Waals surface area contributed by atoms with Crippen LogP contribution in [0.25, 0.3) is 0 Å². The fraction of sp³-hybridized carbons (Fsp3) is 0.750. The molecule has 3 nitrogen and oxygen atoms in total. The second-order valence-corrected chi connectivity index (χ2v) is 4.69. The fourth-order valence-electron chi connectivity index (χ4n) is 1.57. The fourth-order valence-corrected chi connectivity index (χ4v) is 1.57. The van der Waals surface area contributed by atoms with Crippen LogP contribution >= 0.6 is 0 Å². The average molecular weight is 209 g/mol. The van der Waals surface area contributed by atoms with Crippen molar-refractivity contribution >= 4 is 0 Å². The lowest BCUT2D eigenvalue weighted by Crippen LogP contribution is -2.30. The first-order valence-electron chi connectivity index (χ1n) is 5.66. The van der Waals surface area contributed by atoms with E-state index in [9.17, 15) is 0 Å². The van der Waals surface area contributed by atoms with Crippen molar-refractivity contribution in [1.29, 1.82) is 0 Å². The minimum Gasteiger partial charge on any atom is -0.310 e. The molecule has 0 saturated carbocycles. The van der Waals surface area contributed by atoms with Gasteiger partial charge in [0.25, 0.3) is 0 Å². The van der Waals surface area contributed by atoms with E-state index in [1.54, 1.807) is 0 Å². The van der Waals surface area contributed by atoms with Crippen molar-refractivity contribution in [3.8, 4) is 0 Å². The van der Waals surface area contributed by atoms with Gasteiger partial charge in [-0.05, 0) is 26.7 Å². The topological polar surface area (TPSA) is 29.9 Å². The second-order valence-electron chi connectivity index (χ2n) is 4.69. The van der Waals surface area contributed by atoms with Gasteiger partial charge >= 0.3 is 0 Å². The predicted molar refractivity (Wildman–Crippen MR) is 63.8 cm³/mol. The number of aryl methyl sites for hydroxylation is 2. The standard InChI is InChI=1S/C12H23N3/c1-8(2)9(3)13-7-12-10(4)14-15(6)11(12)5/h8-9,13H,7H2,1-6H3/t9-/m0/s1. The highest BCUT2D eigenvalue weighted by atomic mass is 15.3. The van der Waals surface area contributed by atoms with Crippen LogP contribution in [0.5, 0.6) is 0 Å². The molecule has 0 saturated heterocycles. The molecule has 1 atom stereocenters. The normalized spacial score (nSPS) is 13.5. The highest BCUT2D eigenvalue weighted by Crippen LogP contribution is 2.12. The monoisotopic (exact) mass is 209 g/mol. The molecule has 0 unspecified atom stereocenters. The summed E-state index contributed by atoms with van der Waals surface area (Å²) in [5, 5.41) is 7.95. The maximum atomic E-state index is 4.41. The molecule has 0 aliphatic heterocycles. The van der Waals surface area contributed by atoms with Crippen molar-refractivity contribution in [2.45, 2.75) is 47.2 Å². The third kappa shape index (κ3) is 2.81. The van der Waals surface area contributed by atoms with Crippen LogP contribution in [0.4, 0.5) is 0 Å². The van der Waals surface area contributed by atoms with Gasteiger partial charge in [0, 0.05) is 30.9 Å². The van der Waals surface area contributed by atoms with Crippen LogP contribution in [0.2, 0.25) is 0 Å². The summed E-state index contributed by atoms with van der Waals surface area (Å²) in [4.78, 5) is 0. The maximum Gasteiger partial charge on any atom is 0.0641 e. The molecule has 0 fully saturated rings. The van der Waals surface area contributed by atoms with Crippen LogP contribution in [0.1, 0.15) is 37.7 Å². The Labute approximate surface area is 92.9 Å². The second kappa shape index (κ2) is 4.79. The molecule has 0 aliphatic rings. The Kier molecular flexibility index (Phi) is 3.91. The highest BCUT2D eigenvalue weighted by Gasteiger charge is 2.11. The Bertz CT molecular complexity index is 326. The molecule has 86 valence electrons. The van der Waals surface area contributed by atoms with Gasteiger partial charge in [0.15, 0.2) is 0 Å². The van der Waals surface area contributed by atoms with E-state index in [2.05, 4.69) is 45.0 Å². The molecule has 0 spiro atoms. The SMILES string of the molecule is Cc1nn(C)c(C)c1CN[C@@H](C)C(C)C. The Morgan fingerprint density at radius 2 is 1.87 bits per heavy atom. The zero-order valence-corrected chi connectivity index (χ0v) is 10.8. The maximum absolute atomic E-state index is 4.41. The molecule has 1 heterocycles. The van der Waals surface area contributed by atoms with E-state index in [1.165, 1.54) is 11.3 Å². The van der Waals surface area contributed by atoms with Crippen molar-refractivity contribution in [3.05, 3.63) is 17.0 Å². The lowest BCUT2D eigenvalue weighted by atomic mass is 10.1. The molecule has 1 aromatic rings. The van der Waals surface area contributed by atoms with Gasteiger partial charge in [0.05, 0.1) is 5.69 Å². The van der Waals surface area contributed by atoms with Crippen molar-refractivity contribution in [1.82, 2.24) is 15.1 Å². The smallest absolute Gasteiger partial charge is 0.0641 e. The Balaban J connectivity index is 2.65. The lowest BCUT2D eigenvalue weighted by Gasteiger charge is -2.17. The number of aromatic nitrogens is 2. The van der Waals surface area contributed by atoms with Gasteiger partial charge in [0.1, 0.15) is 0 Å². The van der Waals surface area contributed by atoms with E-state index >= 15 is 0 Å². The Hall–Kier alpha value is -0.830. The predicted octanol–water partition coefficient (Wildman–Crippen LogP) is 2.17. The molecule has 0 bridgehead atoms. The number of nitrogens with zero attached hydrogens (tertiary/aromatic N) is 2. The van der Waals surface area contributed by atoms with Gasteiger partial charge < -0.3 is 5.32 Å². The summed E-state index contributed by atoms with van der Waals surface area (Å²) >= 11 is 0. The van der Waals surface area contributed by atoms with Gasteiger partial charge in [-0.25, -0.2) is 0 Å². The van der Waals surface area contributed by atoms with Gasteiger partial charge in [-0.1, -0.05) is 13.8 Å². The highest BCUT2D eigenvalue weighted by molar-refractivity contribution is 5.24. The molecule has 0 amide bonds. The van der Waals surface area contributed by atoms with Gasteiger partial charge in [-0.3, -0.25) is 4.68 Å². The summed E-state index contributed by atoms with van der Waals surface area (Å²) in [5.41, 5.74) is 3.74. The van der Waals surface area contributed by atoms with E-state index < -0.39 is 0 Å². The zero-order valence-electron chi connectivity index (χ0n) is 10.8. The van der Waals surface area contributed by atoms with Crippen LogP contribution in [0.3, 0.4) is 0 Å². The molecular formula is C12H23N3. The van der Waals surface area contributed by atoms with E-state index in [0.717, 1.165) is 12.2 Å². The van der Waals surface area contributed by atoms with Crippen molar-refractivity contribution in [2.24, 2.45) is 13.0 Å². The first kappa shape index (κ1) is 12.2.